The van der Waals surface area contributed by atoms with Gasteiger partial charge in [-0.1, -0.05) is 0 Å². The van der Waals surface area contributed by atoms with Gasteiger partial charge in [0.15, 0.2) is 8.32 Å². The number of rotatable bonds is 3. The molecule has 0 amide bonds. The average molecular weight is 200 g/mol. The number of hydrogen-bond acceptors (Lipinski definition) is 2. The monoisotopic (exact) mass is 200 g/mol. The zero-order valence-corrected chi connectivity index (χ0v) is 9.88. The number of fused-ring (bicyclic) bond motifs is 1. The van der Waals surface area contributed by atoms with Crippen molar-refractivity contribution in [3.05, 3.63) is 0 Å². The minimum absolute atomic E-state index is 0.603. The quantitative estimate of drug-likeness (QED) is 0.516. The van der Waals surface area contributed by atoms with Crippen LogP contribution >= 0.6 is 0 Å². The van der Waals surface area contributed by atoms with E-state index in [4.69, 9.17) is 9.16 Å². The predicted molar refractivity (Wildman–Crippen MR) is 55.4 cm³/mol. The van der Waals surface area contributed by atoms with E-state index in [1.807, 2.05) is 0 Å². The maximum atomic E-state index is 5.92. The number of hydrogen-bond donors (Lipinski definition) is 0. The smallest absolute Gasteiger partial charge is 0.189 e. The van der Waals surface area contributed by atoms with Crippen LogP contribution in [0.15, 0.2) is 0 Å². The number of ether oxygens (including phenoxy) is 1. The molecule has 2 aliphatic rings. The summed E-state index contributed by atoms with van der Waals surface area (Å²) in [5, 5.41) is 0. The topological polar surface area (TPSA) is 21.8 Å². The SMILES string of the molecule is CCO[Si](C)(C)C1CCC2OC2C1. The highest BCUT2D eigenvalue weighted by molar-refractivity contribution is 6.72. The first-order chi connectivity index (χ1) is 6.13. The van der Waals surface area contributed by atoms with Crippen molar-refractivity contribution < 1.29 is 9.16 Å². The van der Waals surface area contributed by atoms with E-state index in [2.05, 4.69) is 20.0 Å². The van der Waals surface area contributed by atoms with Gasteiger partial charge in [-0.25, -0.2) is 0 Å². The lowest BCUT2D eigenvalue weighted by Gasteiger charge is -2.33. The van der Waals surface area contributed by atoms with Gasteiger partial charge in [-0.05, 0) is 44.8 Å². The standard InChI is InChI=1S/C10H20O2Si/c1-4-11-13(2,3)8-5-6-9-10(7-8)12-9/h8-10H,4-7H2,1-3H3. The average Bonchev–Trinajstić information content (AvgIpc) is 2.80. The van der Waals surface area contributed by atoms with Gasteiger partial charge in [0.25, 0.3) is 0 Å². The Kier molecular flexibility index (Phi) is 2.51. The summed E-state index contributed by atoms with van der Waals surface area (Å²) in [6.07, 6.45) is 5.11. The van der Waals surface area contributed by atoms with Crippen molar-refractivity contribution in [3.8, 4) is 0 Å². The Bertz CT molecular complexity index is 193. The minimum atomic E-state index is -1.40. The molecule has 0 radical (unpaired) electrons. The maximum absolute atomic E-state index is 5.92. The van der Waals surface area contributed by atoms with Crippen LogP contribution in [-0.4, -0.2) is 27.1 Å². The Hall–Kier alpha value is 0.137. The van der Waals surface area contributed by atoms with Crippen LogP contribution in [0.25, 0.3) is 0 Å². The van der Waals surface area contributed by atoms with Crippen molar-refractivity contribution in [1.29, 1.82) is 0 Å². The minimum Gasteiger partial charge on any atom is -0.417 e. The molecule has 3 heteroatoms. The summed E-state index contributed by atoms with van der Waals surface area (Å²) in [6.45, 7) is 7.69. The molecule has 3 unspecified atom stereocenters. The van der Waals surface area contributed by atoms with Gasteiger partial charge >= 0.3 is 0 Å². The van der Waals surface area contributed by atoms with Gasteiger partial charge in [0, 0.05) is 6.61 Å². The fraction of sp³-hybridized carbons (Fsp3) is 1.00. The van der Waals surface area contributed by atoms with Crippen molar-refractivity contribution >= 4 is 8.32 Å². The molecule has 0 bridgehead atoms. The first-order valence-corrected chi connectivity index (χ1v) is 8.41. The predicted octanol–water partition coefficient (Wildman–Crippen LogP) is 2.55. The van der Waals surface area contributed by atoms with E-state index in [9.17, 15) is 0 Å². The van der Waals surface area contributed by atoms with Crippen molar-refractivity contribution in [3.63, 3.8) is 0 Å². The Morgan fingerprint density at radius 2 is 2.08 bits per heavy atom. The van der Waals surface area contributed by atoms with Gasteiger partial charge in [0.2, 0.25) is 0 Å². The Labute approximate surface area is 81.7 Å². The second-order valence-corrected chi connectivity index (χ2v) is 9.07. The molecule has 1 saturated heterocycles. The van der Waals surface area contributed by atoms with Gasteiger partial charge in [-0.15, -0.1) is 0 Å². The summed E-state index contributed by atoms with van der Waals surface area (Å²) in [5.41, 5.74) is 0.830. The molecular formula is C10H20O2Si. The molecule has 3 atom stereocenters. The van der Waals surface area contributed by atoms with Gasteiger partial charge in [-0.2, -0.15) is 0 Å². The van der Waals surface area contributed by atoms with Crippen LogP contribution < -0.4 is 0 Å². The molecule has 2 fully saturated rings. The van der Waals surface area contributed by atoms with Crippen LogP contribution in [0.5, 0.6) is 0 Å². The van der Waals surface area contributed by atoms with E-state index in [0.29, 0.717) is 12.2 Å². The molecule has 13 heavy (non-hydrogen) atoms. The second-order valence-electron chi connectivity index (χ2n) is 4.76. The van der Waals surface area contributed by atoms with Crippen molar-refractivity contribution in [2.24, 2.45) is 0 Å². The van der Waals surface area contributed by atoms with Crippen LogP contribution in [0.4, 0.5) is 0 Å². The third-order valence-corrected chi connectivity index (χ3v) is 7.03. The van der Waals surface area contributed by atoms with Gasteiger partial charge in [0.1, 0.15) is 0 Å². The van der Waals surface area contributed by atoms with Crippen molar-refractivity contribution in [1.82, 2.24) is 0 Å². The van der Waals surface area contributed by atoms with Crippen molar-refractivity contribution in [2.75, 3.05) is 6.61 Å². The molecule has 1 aliphatic carbocycles. The molecule has 0 aromatic rings. The van der Waals surface area contributed by atoms with E-state index in [-0.39, 0.29) is 0 Å². The summed E-state index contributed by atoms with van der Waals surface area (Å²) < 4.78 is 11.5. The molecule has 0 aromatic carbocycles. The Morgan fingerprint density at radius 3 is 2.69 bits per heavy atom. The molecule has 1 saturated carbocycles. The lowest BCUT2D eigenvalue weighted by molar-refractivity contribution is 0.309. The lowest BCUT2D eigenvalue weighted by atomic mass is 10.0. The molecule has 0 N–H and O–H groups in total. The van der Waals surface area contributed by atoms with E-state index in [1.54, 1.807) is 0 Å². The zero-order valence-electron chi connectivity index (χ0n) is 8.88. The van der Waals surface area contributed by atoms with Crippen LogP contribution in [-0.2, 0) is 9.16 Å². The zero-order chi connectivity index (χ0) is 9.47. The van der Waals surface area contributed by atoms with Gasteiger partial charge < -0.3 is 9.16 Å². The Morgan fingerprint density at radius 1 is 1.31 bits per heavy atom. The highest BCUT2D eigenvalue weighted by atomic mass is 28.4. The molecule has 2 rings (SSSR count). The molecule has 1 aliphatic heterocycles. The molecule has 0 spiro atoms. The van der Waals surface area contributed by atoms with E-state index < -0.39 is 8.32 Å². The third kappa shape index (κ3) is 1.97. The fourth-order valence-corrected chi connectivity index (χ4v) is 5.17. The first kappa shape index (κ1) is 9.68. The molecule has 1 heterocycles. The highest BCUT2D eigenvalue weighted by Gasteiger charge is 2.48. The normalized spacial score (nSPS) is 38.5. The largest absolute Gasteiger partial charge is 0.417 e. The van der Waals surface area contributed by atoms with Crippen LogP contribution in [0, 0.1) is 0 Å². The first-order valence-electron chi connectivity index (χ1n) is 5.43. The van der Waals surface area contributed by atoms with Crippen molar-refractivity contribution in [2.45, 2.75) is 57.0 Å². The van der Waals surface area contributed by atoms with Gasteiger partial charge in [-0.3, -0.25) is 0 Å². The van der Waals surface area contributed by atoms with E-state index >= 15 is 0 Å². The van der Waals surface area contributed by atoms with Crippen LogP contribution in [0.3, 0.4) is 0 Å². The fourth-order valence-electron chi connectivity index (χ4n) is 2.53. The summed E-state index contributed by atoms with van der Waals surface area (Å²) in [4.78, 5) is 0. The Balaban J connectivity index is 1.91. The summed E-state index contributed by atoms with van der Waals surface area (Å²) in [5.74, 6) is 0. The van der Waals surface area contributed by atoms with E-state index in [1.165, 1.54) is 19.3 Å². The van der Waals surface area contributed by atoms with Gasteiger partial charge in [0.05, 0.1) is 12.2 Å². The summed E-state index contributed by atoms with van der Waals surface area (Å²) >= 11 is 0. The summed E-state index contributed by atoms with van der Waals surface area (Å²) in [6, 6.07) is 0. The molecule has 76 valence electrons. The molecule has 0 aromatic heterocycles. The maximum Gasteiger partial charge on any atom is 0.189 e. The summed E-state index contributed by atoms with van der Waals surface area (Å²) in [7, 11) is -1.40. The lowest BCUT2D eigenvalue weighted by Crippen LogP contribution is -2.38. The van der Waals surface area contributed by atoms with Crippen LogP contribution in [0.2, 0.25) is 18.6 Å². The van der Waals surface area contributed by atoms with E-state index in [0.717, 1.165) is 12.1 Å². The third-order valence-electron chi connectivity index (χ3n) is 3.50. The highest BCUT2D eigenvalue weighted by Crippen LogP contribution is 2.46. The van der Waals surface area contributed by atoms with Crippen LogP contribution in [0.1, 0.15) is 26.2 Å². The number of epoxide rings is 1. The molecular weight excluding hydrogens is 180 g/mol. The second kappa shape index (κ2) is 3.37. The molecule has 2 nitrogen and oxygen atoms in total.